The van der Waals surface area contributed by atoms with E-state index < -0.39 is 0 Å². The van der Waals surface area contributed by atoms with Crippen LogP contribution in [0.3, 0.4) is 0 Å². The van der Waals surface area contributed by atoms with Gasteiger partial charge in [0.25, 0.3) is 0 Å². The predicted molar refractivity (Wildman–Crippen MR) is 109 cm³/mol. The zero-order valence-electron chi connectivity index (χ0n) is 13.4. The molecule has 2 aromatic rings. The van der Waals surface area contributed by atoms with E-state index >= 15 is 0 Å². The largest absolute Gasteiger partial charge is 0.357 e. The van der Waals surface area contributed by atoms with Crippen LogP contribution in [0.25, 0.3) is 10.6 Å². The molecule has 1 aromatic carbocycles. The number of halogens is 1. The molecule has 1 saturated heterocycles. The lowest BCUT2D eigenvalue weighted by atomic mass is 10.2. The summed E-state index contributed by atoms with van der Waals surface area (Å²) < 4.78 is 0. The molecule has 0 radical (unpaired) electrons. The topological polar surface area (TPSA) is 40.5 Å². The van der Waals surface area contributed by atoms with Gasteiger partial charge in [0.1, 0.15) is 5.01 Å². The summed E-state index contributed by atoms with van der Waals surface area (Å²) >= 11 is 1.69. The minimum atomic E-state index is 0. The number of hydrogen-bond donors (Lipinski definition) is 1. The smallest absolute Gasteiger partial charge is 0.194 e. The number of aliphatic imine (C=N–C) groups is 1. The Kier molecular flexibility index (Phi) is 7.29. The van der Waals surface area contributed by atoms with Crippen LogP contribution in [-0.2, 0) is 6.54 Å². The van der Waals surface area contributed by atoms with E-state index in [4.69, 9.17) is 9.98 Å². The summed E-state index contributed by atoms with van der Waals surface area (Å²) in [5, 5.41) is 6.56. The van der Waals surface area contributed by atoms with Gasteiger partial charge in [0.05, 0.1) is 12.2 Å². The van der Waals surface area contributed by atoms with Crippen molar-refractivity contribution in [1.29, 1.82) is 0 Å². The van der Waals surface area contributed by atoms with Crippen LogP contribution in [0.4, 0.5) is 0 Å². The van der Waals surface area contributed by atoms with Crippen LogP contribution in [0, 0.1) is 0 Å². The van der Waals surface area contributed by atoms with Crippen molar-refractivity contribution in [2.75, 3.05) is 19.6 Å². The number of hydrogen-bond acceptors (Lipinski definition) is 3. The molecule has 3 rings (SSSR count). The van der Waals surface area contributed by atoms with Gasteiger partial charge in [0, 0.05) is 30.6 Å². The second-order valence-electron chi connectivity index (χ2n) is 5.37. The molecule has 1 aromatic heterocycles. The van der Waals surface area contributed by atoms with Gasteiger partial charge in [0.15, 0.2) is 5.96 Å². The fraction of sp³-hybridized carbons (Fsp3) is 0.412. The van der Waals surface area contributed by atoms with Crippen LogP contribution >= 0.6 is 35.3 Å². The van der Waals surface area contributed by atoms with Crippen LogP contribution in [0.5, 0.6) is 0 Å². The Morgan fingerprint density at radius 3 is 2.70 bits per heavy atom. The van der Waals surface area contributed by atoms with E-state index in [9.17, 15) is 0 Å². The molecular formula is C17H23IN4S. The summed E-state index contributed by atoms with van der Waals surface area (Å²) in [6, 6.07) is 10.3. The van der Waals surface area contributed by atoms with Crippen molar-refractivity contribution in [2.45, 2.75) is 26.3 Å². The fourth-order valence-electron chi connectivity index (χ4n) is 2.60. The highest BCUT2D eigenvalue weighted by atomic mass is 127. The lowest BCUT2D eigenvalue weighted by molar-refractivity contribution is 0.493. The Balaban J connectivity index is 0.00000192. The van der Waals surface area contributed by atoms with Gasteiger partial charge in [-0.15, -0.1) is 35.3 Å². The van der Waals surface area contributed by atoms with Crippen molar-refractivity contribution in [2.24, 2.45) is 4.99 Å². The van der Waals surface area contributed by atoms with Gasteiger partial charge in [-0.3, -0.25) is 0 Å². The van der Waals surface area contributed by atoms with Gasteiger partial charge in [-0.05, 0) is 19.8 Å². The molecule has 1 aliphatic heterocycles. The van der Waals surface area contributed by atoms with E-state index in [1.807, 2.05) is 18.2 Å². The van der Waals surface area contributed by atoms with Crippen molar-refractivity contribution in [3.63, 3.8) is 0 Å². The van der Waals surface area contributed by atoms with Gasteiger partial charge in [-0.2, -0.15) is 0 Å². The number of thiazole rings is 1. The maximum absolute atomic E-state index is 4.75. The zero-order chi connectivity index (χ0) is 15.2. The number of aromatic nitrogens is 1. The summed E-state index contributed by atoms with van der Waals surface area (Å²) in [7, 11) is 0. The van der Waals surface area contributed by atoms with Crippen molar-refractivity contribution < 1.29 is 0 Å². The van der Waals surface area contributed by atoms with Crippen LogP contribution in [0.15, 0.2) is 40.7 Å². The van der Waals surface area contributed by atoms with Gasteiger partial charge < -0.3 is 10.2 Å². The first-order chi connectivity index (χ1) is 10.9. The van der Waals surface area contributed by atoms with E-state index in [1.165, 1.54) is 18.4 Å². The summed E-state index contributed by atoms with van der Waals surface area (Å²) in [6.45, 7) is 5.88. The third-order valence-electron chi connectivity index (χ3n) is 3.70. The zero-order valence-corrected chi connectivity index (χ0v) is 16.5. The molecule has 0 atom stereocenters. The molecular weight excluding hydrogens is 419 g/mol. The summed E-state index contributed by atoms with van der Waals surface area (Å²) in [5.41, 5.74) is 2.22. The Bertz CT molecular complexity index is 621. The normalized spacial score (nSPS) is 14.7. The molecule has 0 spiro atoms. The Labute approximate surface area is 159 Å². The van der Waals surface area contributed by atoms with Crippen LogP contribution in [0.2, 0.25) is 0 Å². The lowest BCUT2D eigenvalue weighted by Crippen LogP contribution is -2.39. The van der Waals surface area contributed by atoms with E-state index in [0.717, 1.165) is 36.3 Å². The fourth-order valence-corrected chi connectivity index (χ4v) is 3.42. The molecule has 23 heavy (non-hydrogen) atoms. The highest BCUT2D eigenvalue weighted by molar-refractivity contribution is 14.0. The average Bonchev–Trinajstić information content (AvgIpc) is 3.24. The highest BCUT2D eigenvalue weighted by Crippen LogP contribution is 2.23. The first-order valence-electron chi connectivity index (χ1n) is 7.90. The monoisotopic (exact) mass is 442 g/mol. The molecule has 1 fully saturated rings. The standard InChI is InChI=1S/C17H22N4S.HI/c1-2-18-17(21-10-6-7-11-21)19-12-15-13-22-16(20-15)14-8-4-3-5-9-14;/h3-5,8-9,13H,2,6-7,10-12H2,1H3,(H,18,19);1H. The van der Waals surface area contributed by atoms with Crippen molar-refractivity contribution in [3.05, 3.63) is 41.4 Å². The number of guanidine groups is 1. The third kappa shape index (κ3) is 4.91. The molecule has 4 nitrogen and oxygen atoms in total. The first kappa shape index (κ1) is 18.2. The Morgan fingerprint density at radius 2 is 2.00 bits per heavy atom. The molecule has 124 valence electrons. The second kappa shape index (κ2) is 9.22. The Hall–Kier alpha value is -1.15. The number of nitrogens with zero attached hydrogens (tertiary/aromatic N) is 3. The van der Waals surface area contributed by atoms with E-state index in [2.05, 4.69) is 34.7 Å². The van der Waals surface area contributed by atoms with Crippen LogP contribution in [0.1, 0.15) is 25.5 Å². The molecule has 0 saturated carbocycles. The summed E-state index contributed by atoms with van der Waals surface area (Å²) in [6.07, 6.45) is 2.53. The molecule has 1 N–H and O–H groups in total. The first-order valence-corrected chi connectivity index (χ1v) is 8.78. The van der Waals surface area contributed by atoms with Gasteiger partial charge in [0.2, 0.25) is 0 Å². The number of benzene rings is 1. The summed E-state index contributed by atoms with van der Waals surface area (Å²) in [4.78, 5) is 11.8. The van der Waals surface area contributed by atoms with Crippen molar-refractivity contribution in [1.82, 2.24) is 15.2 Å². The van der Waals surface area contributed by atoms with Crippen LogP contribution < -0.4 is 5.32 Å². The maximum atomic E-state index is 4.75. The van der Waals surface area contributed by atoms with Crippen LogP contribution in [-0.4, -0.2) is 35.5 Å². The second-order valence-corrected chi connectivity index (χ2v) is 6.23. The number of rotatable bonds is 4. The van der Waals surface area contributed by atoms with E-state index in [-0.39, 0.29) is 24.0 Å². The molecule has 0 unspecified atom stereocenters. The quantitative estimate of drug-likeness (QED) is 0.442. The molecule has 0 bridgehead atoms. The van der Waals surface area contributed by atoms with E-state index in [0.29, 0.717) is 6.54 Å². The number of likely N-dealkylation sites (tertiary alicyclic amines) is 1. The Morgan fingerprint density at radius 1 is 1.26 bits per heavy atom. The third-order valence-corrected chi connectivity index (χ3v) is 4.64. The average molecular weight is 442 g/mol. The van der Waals surface area contributed by atoms with Gasteiger partial charge in [-0.25, -0.2) is 9.98 Å². The van der Waals surface area contributed by atoms with Crippen molar-refractivity contribution >= 4 is 41.3 Å². The van der Waals surface area contributed by atoms with Gasteiger partial charge in [-0.1, -0.05) is 30.3 Å². The van der Waals surface area contributed by atoms with Gasteiger partial charge >= 0.3 is 0 Å². The SMILES string of the molecule is CCNC(=NCc1csc(-c2ccccc2)n1)N1CCCC1.I. The maximum Gasteiger partial charge on any atom is 0.194 e. The minimum Gasteiger partial charge on any atom is -0.357 e. The molecule has 2 heterocycles. The van der Waals surface area contributed by atoms with Crippen molar-refractivity contribution in [3.8, 4) is 10.6 Å². The lowest BCUT2D eigenvalue weighted by Gasteiger charge is -2.20. The molecule has 0 amide bonds. The predicted octanol–water partition coefficient (Wildman–Crippen LogP) is 3.99. The summed E-state index contributed by atoms with van der Waals surface area (Å²) in [5.74, 6) is 1.02. The highest BCUT2D eigenvalue weighted by Gasteiger charge is 2.15. The minimum absolute atomic E-state index is 0. The van der Waals surface area contributed by atoms with E-state index in [1.54, 1.807) is 11.3 Å². The number of nitrogens with one attached hydrogen (secondary N) is 1. The molecule has 1 aliphatic rings. The molecule has 0 aliphatic carbocycles. The molecule has 6 heteroatoms.